The molecule has 1 aromatic carbocycles. The Bertz CT molecular complexity index is 1140. The summed E-state index contributed by atoms with van der Waals surface area (Å²) in [5, 5.41) is 5.23. The van der Waals surface area contributed by atoms with Gasteiger partial charge in [0.05, 0.1) is 23.3 Å². The molecule has 144 valence electrons. The van der Waals surface area contributed by atoms with Crippen LogP contribution in [0.25, 0.3) is 21.9 Å². The fourth-order valence-corrected chi connectivity index (χ4v) is 4.18. The molecule has 1 unspecified atom stereocenters. The summed E-state index contributed by atoms with van der Waals surface area (Å²) in [4.78, 5) is 9.08. The van der Waals surface area contributed by atoms with E-state index in [4.69, 9.17) is 20.9 Å². The third-order valence-electron chi connectivity index (χ3n) is 5.27. The molecule has 0 saturated carbocycles. The average Bonchev–Trinajstić information content (AvgIpc) is 3.35. The molecule has 5 rings (SSSR count). The number of aromatic nitrogens is 4. The van der Waals surface area contributed by atoms with Gasteiger partial charge in [0.2, 0.25) is 6.17 Å². The molecule has 3 atom stereocenters. The van der Waals surface area contributed by atoms with Crippen LogP contribution in [-0.4, -0.2) is 32.4 Å². The smallest absolute Gasteiger partial charge is 0.203 e. The molecule has 6 nitrogen and oxygen atoms in total. The number of fused-ring (bicyclic) bond motifs is 3. The van der Waals surface area contributed by atoms with Crippen molar-refractivity contribution in [1.82, 2.24) is 19.7 Å². The van der Waals surface area contributed by atoms with Gasteiger partial charge in [-0.3, -0.25) is 4.98 Å². The van der Waals surface area contributed by atoms with Crippen molar-refractivity contribution >= 4 is 33.5 Å². The van der Waals surface area contributed by atoms with Gasteiger partial charge >= 0.3 is 0 Å². The molecule has 0 amide bonds. The highest BCUT2D eigenvalue weighted by atomic mass is 35.5. The lowest BCUT2D eigenvalue weighted by Crippen LogP contribution is -2.27. The first-order valence-electron chi connectivity index (χ1n) is 9.24. The Balaban J connectivity index is 1.80. The second-order valence-corrected chi connectivity index (χ2v) is 7.58. The van der Waals surface area contributed by atoms with Gasteiger partial charge in [-0.25, -0.2) is 9.37 Å². The molecule has 4 heterocycles. The lowest BCUT2D eigenvalue weighted by molar-refractivity contribution is 0.00574. The van der Waals surface area contributed by atoms with Crippen LogP contribution in [0.3, 0.4) is 0 Å². The van der Waals surface area contributed by atoms with Crippen molar-refractivity contribution in [3.05, 3.63) is 53.3 Å². The summed E-state index contributed by atoms with van der Waals surface area (Å²) < 4.78 is 28.0. The maximum absolute atomic E-state index is 15.4. The summed E-state index contributed by atoms with van der Waals surface area (Å²) in [5.74, 6) is 0.303. The summed E-state index contributed by atoms with van der Waals surface area (Å²) in [6, 6.07) is 7.10. The van der Waals surface area contributed by atoms with Gasteiger partial charge in [-0.05, 0) is 38.0 Å². The molecule has 1 fully saturated rings. The third-order valence-corrected chi connectivity index (χ3v) is 5.51. The summed E-state index contributed by atoms with van der Waals surface area (Å²) >= 11 is 6.26. The highest BCUT2D eigenvalue weighted by molar-refractivity contribution is 6.31. The predicted molar refractivity (Wildman–Crippen MR) is 103 cm³/mol. The molecule has 28 heavy (non-hydrogen) atoms. The quantitative estimate of drug-likeness (QED) is 0.482. The van der Waals surface area contributed by atoms with E-state index in [0.29, 0.717) is 23.0 Å². The molecule has 1 aliphatic rings. The van der Waals surface area contributed by atoms with E-state index in [1.54, 1.807) is 12.3 Å². The van der Waals surface area contributed by atoms with Gasteiger partial charge in [0, 0.05) is 29.1 Å². The molecule has 0 bridgehead atoms. The van der Waals surface area contributed by atoms with E-state index >= 15 is 4.39 Å². The van der Waals surface area contributed by atoms with Crippen LogP contribution in [-0.2, 0) is 4.74 Å². The molecular weight excluding hydrogens is 383 g/mol. The number of nitrogens with zero attached hydrogens (tertiary/aromatic N) is 4. The Kier molecular flexibility index (Phi) is 4.29. The number of halogens is 2. The van der Waals surface area contributed by atoms with Crippen molar-refractivity contribution in [3.8, 4) is 0 Å². The van der Waals surface area contributed by atoms with Crippen LogP contribution in [0, 0.1) is 0 Å². The summed E-state index contributed by atoms with van der Waals surface area (Å²) in [6.45, 7) is 2.65. The van der Waals surface area contributed by atoms with Crippen LogP contribution < -0.4 is 0 Å². The molecule has 4 aromatic rings. The molecular formula is C20H18ClFN4O2. The minimum Gasteiger partial charge on any atom is -0.378 e. The van der Waals surface area contributed by atoms with Crippen LogP contribution in [0.1, 0.15) is 43.5 Å². The second-order valence-electron chi connectivity index (χ2n) is 7.14. The predicted octanol–water partition coefficient (Wildman–Crippen LogP) is 5.02. The number of benzene rings is 1. The molecule has 8 heteroatoms. The molecule has 0 N–H and O–H groups in total. The van der Waals surface area contributed by atoms with Crippen molar-refractivity contribution in [3.63, 3.8) is 0 Å². The van der Waals surface area contributed by atoms with Crippen molar-refractivity contribution in [1.29, 1.82) is 0 Å². The average molecular weight is 401 g/mol. The summed E-state index contributed by atoms with van der Waals surface area (Å²) in [6.07, 6.45) is 3.18. The zero-order chi connectivity index (χ0) is 19.3. The Morgan fingerprint density at radius 1 is 1.29 bits per heavy atom. The number of hydrogen-bond acceptors (Lipinski definition) is 5. The minimum absolute atomic E-state index is 0.0542. The van der Waals surface area contributed by atoms with E-state index in [1.165, 1.54) is 12.3 Å². The molecule has 0 radical (unpaired) electrons. The van der Waals surface area contributed by atoms with E-state index in [9.17, 15) is 0 Å². The van der Waals surface area contributed by atoms with Crippen LogP contribution in [0.5, 0.6) is 0 Å². The fourth-order valence-electron chi connectivity index (χ4n) is 4.01. The summed E-state index contributed by atoms with van der Waals surface area (Å²) in [5.41, 5.74) is 2.47. The maximum atomic E-state index is 15.4. The first kappa shape index (κ1) is 17.6. The fraction of sp³-hybridized carbons (Fsp3) is 0.350. The Morgan fingerprint density at radius 3 is 2.96 bits per heavy atom. The number of imidazole rings is 1. The Labute approximate surface area is 165 Å². The van der Waals surface area contributed by atoms with Gasteiger partial charge in [-0.15, -0.1) is 0 Å². The van der Waals surface area contributed by atoms with Gasteiger partial charge in [-0.2, -0.15) is 0 Å². The van der Waals surface area contributed by atoms with E-state index in [0.717, 1.165) is 29.3 Å². The normalized spacial score (nSPS) is 21.4. The van der Waals surface area contributed by atoms with Gasteiger partial charge in [0.1, 0.15) is 17.5 Å². The molecule has 0 aliphatic carbocycles. The Hall–Kier alpha value is -2.51. The van der Waals surface area contributed by atoms with Crippen LogP contribution in [0.15, 0.2) is 41.2 Å². The number of pyridine rings is 1. The lowest BCUT2D eigenvalue weighted by Gasteiger charge is -2.30. The molecule has 1 aliphatic heterocycles. The summed E-state index contributed by atoms with van der Waals surface area (Å²) in [7, 11) is 0. The monoisotopic (exact) mass is 400 g/mol. The molecule has 3 aromatic heterocycles. The first-order chi connectivity index (χ1) is 13.6. The minimum atomic E-state index is -1.50. The van der Waals surface area contributed by atoms with Gasteiger partial charge < -0.3 is 13.8 Å². The number of rotatable bonds is 3. The van der Waals surface area contributed by atoms with Crippen molar-refractivity contribution < 1.29 is 13.7 Å². The van der Waals surface area contributed by atoms with Crippen LogP contribution in [0.4, 0.5) is 4.39 Å². The van der Waals surface area contributed by atoms with E-state index in [1.807, 2.05) is 23.6 Å². The van der Waals surface area contributed by atoms with E-state index in [-0.39, 0.29) is 17.8 Å². The largest absolute Gasteiger partial charge is 0.378 e. The number of hydrogen-bond donors (Lipinski definition) is 0. The highest BCUT2D eigenvalue weighted by Crippen LogP contribution is 2.37. The van der Waals surface area contributed by atoms with Gasteiger partial charge in [0.15, 0.2) is 5.82 Å². The topological polar surface area (TPSA) is 66.0 Å². The van der Waals surface area contributed by atoms with Crippen molar-refractivity contribution in [2.75, 3.05) is 6.61 Å². The SMILES string of the molecule is C[C@@H]1C[C@H](n2c(C(F)c3ccon3)nc3cnc4ccc(Cl)cc4c32)CCO1. The molecule has 0 spiro atoms. The standard InChI is InChI=1S/C20H18ClFN4O2/c1-11-8-13(4-6-27-11)26-19-14-9-12(21)2-3-15(14)23-10-17(19)24-20(26)18(22)16-5-7-28-25-16/h2-3,5,7,9-11,13,18H,4,6,8H2,1H3/t11-,13-,18?/m1/s1. The second kappa shape index (κ2) is 6.83. The van der Waals surface area contributed by atoms with Crippen molar-refractivity contribution in [2.24, 2.45) is 0 Å². The zero-order valence-corrected chi connectivity index (χ0v) is 15.9. The zero-order valence-electron chi connectivity index (χ0n) is 15.2. The van der Waals surface area contributed by atoms with E-state index < -0.39 is 6.17 Å². The van der Waals surface area contributed by atoms with Gasteiger partial charge in [0.25, 0.3) is 0 Å². The lowest BCUT2D eigenvalue weighted by atomic mass is 10.0. The van der Waals surface area contributed by atoms with Crippen LogP contribution in [0.2, 0.25) is 5.02 Å². The van der Waals surface area contributed by atoms with Crippen molar-refractivity contribution in [2.45, 2.75) is 38.1 Å². The Morgan fingerprint density at radius 2 is 2.18 bits per heavy atom. The maximum Gasteiger partial charge on any atom is 0.203 e. The van der Waals surface area contributed by atoms with Gasteiger partial charge in [-0.1, -0.05) is 16.8 Å². The molecule has 1 saturated heterocycles. The highest BCUT2D eigenvalue weighted by Gasteiger charge is 2.31. The number of alkyl halides is 1. The van der Waals surface area contributed by atoms with E-state index in [2.05, 4.69) is 15.1 Å². The first-order valence-corrected chi connectivity index (χ1v) is 9.61. The third kappa shape index (κ3) is 2.86. The van der Waals surface area contributed by atoms with Crippen LogP contribution >= 0.6 is 11.6 Å². The number of ether oxygens (including phenoxy) is 1.